The van der Waals surface area contributed by atoms with Gasteiger partial charge in [0, 0.05) is 11.9 Å². The topological polar surface area (TPSA) is 48.4 Å². The molecule has 0 spiro atoms. The van der Waals surface area contributed by atoms with Crippen molar-refractivity contribution in [3.8, 4) is 5.75 Å². The van der Waals surface area contributed by atoms with Gasteiger partial charge in [-0.3, -0.25) is 0 Å². The molecule has 0 N–H and O–H groups in total. The smallest absolute Gasteiger partial charge is 0.437 e. The number of thioether (sulfide) groups is 1. The van der Waals surface area contributed by atoms with Crippen molar-refractivity contribution in [1.29, 1.82) is 0 Å². The Hall–Kier alpha value is -2.01. The van der Waals surface area contributed by atoms with Gasteiger partial charge in [0.15, 0.2) is 5.75 Å². The molecule has 0 fully saturated rings. The number of aromatic nitrogens is 1. The van der Waals surface area contributed by atoms with Crippen LogP contribution in [0.25, 0.3) is 0 Å². The molecule has 0 aliphatic rings. The van der Waals surface area contributed by atoms with E-state index in [2.05, 4.69) is 9.72 Å². The number of hydrogen-bond acceptors (Lipinski definition) is 5. The fourth-order valence-corrected chi connectivity index (χ4v) is 2.30. The highest BCUT2D eigenvalue weighted by molar-refractivity contribution is 7.98. The molecule has 0 aliphatic heterocycles. The van der Waals surface area contributed by atoms with Crippen LogP contribution in [0.4, 0.5) is 4.79 Å². The van der Waals surface area contributed by atoms with Crippen LogP contribution in [-0.4, -0.2) is 18.2 Å². The highest BCUT2D eigenvalue weighted by Crippen LogP contribution is 2.29. The zero-order chi connectivity index (χ0) is 13.5. The van der Waals surface area contributed by atoms with Gasteiger partial charge in [-0.1, -0.05) is 42.1 Å². The molecular weight excluding hydrogens is 262 g/mol. The molecule has 5 heteroatoms. The van der Waals surface area contributed by atoms with Crippen LogP contribution in [0.2, 0.25) is 0 Å². The summed E-state index contributed by atoms with van der Waals surface area (Å²) in [6, 6.07) is 13.4. The Bertz CT molecular complexity index is 545. The molecule has 2 aromatic rings. The van der Waals surface area contributed by atoms with Gasteiger partial charge in [-0.05, 0) is 17.7 Å². The minimum Gasteiger partial charge on any atom is -0.437 e. The van der Waals surface area contributed by atoms with E-state index in [-0.39, 0.29) is 0 Å². The first-order valence-corrected chi connectivity index (χ1v) is 6.65. The summed E-state index contributed by atoms with van der Waals surface area (Å²) in [6.07, 6.45) is 0.923. The third-order valence-electron chi connectivity index (χ3n) is 2.31. The Labute approximate surface area is 115 Å². The lowest BCUT2D eigenvalue weighted by molar-refractivity contribution is 0.120. The van der Waals surface area contributed by atoms with E-state index in [9.17, 15) is 4.79 Å². The van der Waals surface area contributed by atoms with E-state index < -0.39 is 6.16 Å². The molecule has 0 atom stereocenters. The standard InChI is InChI=1S/C14H13NO3S/c1-17-14(16)18-12-8-5-9-15-13(12)19-10-11-6-3-2-4-7-11/h2-9H,10H2,1H3. The minimum atomic E-state index is -0.741. The summed E-state index contributed by atoms with van der Waals surface area (Å²) in [5.74, 6) is 1.17. The lowest BCUT2D eigenvalue weighted by Gasteiger charge is -2.07. The first-order chi connectivity index (χ1) is 9.29. The van der Waals surface area contributed by atoms with Gasteiger partial charge in [-0.15, -0.1) is 0 Å². The van der Waals surface area contributed by atoms with E-state index in [0.29, 0.717) is 10.8 Å². The molecule has 0 amide bonds. The van der Waals surface area contributed by atoms with Crippen LogP contribution in [0.15, 0.2) is 53.7 Å². The predicted octanol–water partition coefficient (Wildman–Crippen LogP) is 3.52. The van der Waals surface area contributed by atoms with Gasteiger partial charge in [-0.2, -0.15) is 0 Å². The molecule has 0 bridgehead atoms. The van der Waals surface area contributed by atoms with Crippen molar-refractivity contribution >= 4 is 17.9 Å². The van der Waals surface area contributed by atoms with Gasteiger partial charge in [-0.25, -0.2) is 9.78 Å². The highest BCUT2D eigenvalue weighted by atomic mass is 32.2. The molecule has 1 aromatic carbocycles. The van der Waals surface area contributed by atoms with Gasteiger partial charge in [0.25, 0.3) is 0 Å². The van der Waals surface area contributed by atoms with E-state index in [4.69, 9.17) is 4.74 Å². The maximum atomic E-state index is 11.1. The van der Waals surface area contributed by atoms with Crippen LogP contribution in [0.5, 0.6) is 5.75 Å². The van der Waals surface area contributed by atoms with Gasteiger partial charge < -0.3 is 9.47 Å². The Morgan fingerprint density at radius 2 is 2.00 bits per heavy atom. The van der Waals surface area contributed by atoms with Gasteiger partial charge in [0.2, 0.25) is 0 Å². The summed E-state index contributed by atoms with van der Waals surface area (Å²) in [4.78, 5) is 15.3. The zero-order valence-electron chi connectivity index (χ0n) is 10.4. The van der Waals surface area contributed by atoms with Crippen LogP contribution in [0, 0.1) is 0 Å². The lowest BCUT2D eigenvalue weighted by Crippen LogP contribution is -2.08. The van der Waals surface area contributed by atoms with Crippen molar-refractivity contribution in [3.05, 3.63) is 54.2 Å². The van der Waals surface area contributed by atoms with Crippen molar-refractivity contribution in [3.63, 3.8) is 0 Å². The van der Waals surface area contributed by atoms with Crippen LogP contribution in [-0.2, 0) is 10.5 Å². The summed E-state index contributed by atoms with van der Waals surface area (Å²) in [6.45, 7) is 0. The molecule has 0 unspecified atom stereocenters. The number of hydrogen-bond donors (Lipinski definition) is 0. The van der Waals surface area contributed by atoms with Crippen LogP contribution >= 0.6 is 11.8 Å². The van der Waals surface area contributed by atoms with Crippen molar-refractivity contribution in [2.24, 2.45) is 0 Å². The zero-order valence-corrected chi connectivity index (χ0v) is 11.2. The third kappa shape index (κ3) is 3.99. The molecule has 0 aliphatic carbocycles. The SMILES string of the molecule is COC(=O)Oc1cccnc1SCc1ccccc1. The summed E-state index contributed by atoms with van der Waals surface area (Å²) >= 11 is 1.51. The number of ether oxygens (including phenoxy) is 2. The van der Waals surface area contributed by atoms with Crippen molar-refractivity contribution < 1.29 is 14.3 Å². The average Bonchev–Trinajstić information content (AvgIpc) is 2.47. The summed E-state index contributed by atoms with van der Waals surface area (Å²) in [5.41, 5.74) is 1.18. The third-order valence-corrected chi connectivity index (χ3v) is 3.37. The van der Waals surface area contributed by atoms with Crippen LogP contribution in [0.3, 0.4) is 0 Å². The molecule has 19 heavy (non-hydrogen) atoms. The first-order valence-electron chi connectivity index (χ1n) is 5.67. The van der Waals surface area contributed by atoms with Crippen LogP contribution in [0.1, 0.15) is 5.56 Å². The number of benzene rings is 1. The van der Waals surface area contributed by atoms with Gasteiger partial charge >= 0.3 is 6.16 Å². The lowest BCUT2D eigenvalue weighted by atomic mass is 10.2. The monoisotopic (exact) mass is 275 g/mol. The Morgan fingerprint density at radius 1 is 1.21 bits per heavy atom. The first kappa shape index (κ1) is 13.4. The largest absolute Gasteiger partial charge is 0.513 e. The van der Waals surface area contributed by atoms with Crippen LogP contribution < -0.4 is 4.74 Å². The fourth-order valence-electron chi connectivity index (χ4n) is 1.42. The van der Waals surface area contributed by atoms with Crippen molar-refractivity contribution in [1.82, 2.24) is 4.98 Å². The van der Waals surface area contributed by atoms with Gasteiger partial charge in [0.05, 0.1) is 7.11 Å². The normalized spacial score (nSPS) is 9.95. The summed E-state index contributed by atoms with van der Waals surface area (Å²) < 4.78 is 9.51. The Balaban J connectivity index is 2.05. The molecule has 98 valence electrons. The fraction of sp³-hybridized carbons (Fsp3) is 0.143. The van der Waals surface area contributed by atoms with E-state index in [1.54, 1.807) is 18.3 Å². The number of pyridine rings is 1. The minimum absolute atomic E-state index is 0.412. The van der Waals surface area contributed by atoms with Crippen molar-refractivity contribution in [2.45, 2.75) is 10.8 Å². The molecular formula is C14H13NO3S. The predicted molar refractivity (Wildman–Crippen MR) is 73.3 cm³/mol. The Kier molecular flexibility index (Phi) is 4.80. The number of carbonyl (C=O) groups excluding carboxylic acids is 1. The molecule has 1 heterocycles. The van der Waals surface area contributed by atoms with Crippen molar-refractivity contribution in [2.75, 3.05) is 7.11 Å². The highest BCUT2D eigenvalue weighted by Gasteiger charge is 2.10. The number of rotatable bonds is 4. The molecule has 2 rings (SSSR count). The Morgan fingerprint density at radius 3 is 2.74 bits per heavy atom. The summed E-state index contributed by atoms with van der Waals surface area (Å²) in [7, 11) is 1.27. The quantitative estimate of drug-likeness (QED) is 0.631. The molecule has 0 radical (unpaired) electrons. The molecule has 1 aromatic heterocycles. The van der Waals surface area contributed by atoms with E-state index in [1.165, 1.54) is 24.4 Å². The average molecular weight is 275 g/mol. The molecule has 4 nitrogen and oxygen atoms in total. The second-order valence-corrected chi connectivity index (χ2v) is 4.60. The number of nitrogens with zero attached hydrogens (tertiary/aromatic N) is 1. The van der Waals surface area contributed by atoms with E-state index >= 15 is 0 Å². The van der Waals surface area contributed by atoms with E-state index in [0.717, 1.165) is 5.75 Å². The maximum Gasteiger partial charge on any atom is 0.513 e. The second-order valence-electron chi connectivity index (χ2n) is 3.64. The summed E-state index contributed by atoms with van der Waals surface area (Å²) in [5, 5.41) is 0.664. The maximum absolute atomic E-state index is 11.1. The molecule has 0 saturated heterocycles. The van der Waals surface area contributed by atoms with Gasteiger partial charge in [0.1, 0.15) is 5.03 Å². The number of carbonyl (C=O) groups is 1. The second kappa shape index (κ2) is 6.80. The number of methoxy groups -OCH3 is 1. The molecule has 0 saturated carbocycles. The van der Waals surface area contributed by atoms with E-state index in [1.807, 2.05) is 30.3 Å².